The summed E-state index contributed by atoms with van der Waals surface area (Å²) in [5.74, 6) is -0.373. The maximum Gasteiger partial charge on any atom is 0.358 e. The molecular weight excluding hydrogens is 415 g/mol. The molecule has 0 radical (unpaired) electrons. The number of hydrogen-bond acceptors (Lipinski definition) is 5. The molecule has 0 fully saturated rings. The zero-order valence-electron chi connectivity index (χ0n) is 16.0. The molecule has 0 amide bonds. The van der Waals surface area contributed by atoms with Crippen LogP contribution in [0.5, 0.6) is 5.75 Å². The Bertz CT molecular complexity index is 1010. The summed E-state index contributed by atoms with van der Waals surface area (Å²) in [6.45, 7) is 3.29. The average molecular weight is 435 g/mol. The zero-order chi connectivity index (χ0) is 21.0. The minimum atomic E-state index is -1.12. The molecule has 0 saturated carbocycles. The Labute approximate surface area is 178 Å². The van der Waals surface area contributed by atoms with Gasteiger partial charge in [-0.1, -0.05) is 40.5 Å². The van der Waals surface area contributed by atoms with Crippen LogP contribution in [0.3, 0.4) is 0 Å². The summed E-state index contributed by atoms with van der Waals surface area (Å²) in [5, 5.41) is 18.4. The second kappa shape index (κ2) is 9.15. The zero-order valence-corrected chi connectivity index (χ0v) is 17.5. The van der Waals surface area contributed by atoms with E-state index in [1.807, 2.05) is 42.2 Å². The van der Waals surface area contributed by atoms with Gasteiger partial charge in [0.25, 0.3) is 0 Å². The number of ether oxygens (including phenoxy) is 1. The molecule has 2 aromatic carbocycles. The Balaban J connectivity index is 1.92. The van der Waals surface area contributed by atoms with Crippen molar-refractivity contribution in [2.45, 2.75) is 20.0 Å². The molecule has 0 unspecified atom stereocenters. The first kappa shape index (κ1) is 21.0. The number of carboxylic acids is 1. The standard InChI is InChI=1S/C20H20Cl2N4O3/c1-3-25(14-6-9-16(21)17(22)10-14)12-18-19(20(27)28)23-24-26(18)11-13-4-7-15(29-2)8-5-13/h4-10H,3,11-12H2,1-2H3,(H,27,28). The van der Waals surface area contributed by atoms with Crippen molar-refractivity contribution in [3.05, 3.63) is 69.5 Å². The summed E-state index contributed by atoms with van der Waals surface area (Å²) < 4.78 is 6.78. The van der Waals surface area contributed by atoms with E-state index in [1.165, 1.54) is 0 Å². The van der Waals surface area contributed by atoms with E-state index in [0.29, 0.717) is 35.4 Å². The lowest BCUT2D eigenvalue weighted by Crippen LogP contribution is -2.25. The maximum absolute atomic E-state index is 11.7. The van der Waals surface area contributed by atoms with Crippen molar-refractivity contribution < 1.29 is 14.6 Å². The summed E-state index contributed by atoms with van der Waals surface area (Å²) in [6.07, 6.45) is 0. The van der Waals surface area contributed by atoms with E-state index in [2.05, 4.69) is 10.3 Å². The van der Waals surface area contributed by atoms with Crippen LogP contribution in [0.25, 0.3) is 0 Å². The molecule has 0 aliphatic heterocycles. The molecule has 0 spiro atoms. The van der Waals surface area contributed by atoms with E-state index >= 15 is 0 Å². The number of benzene rings is 2. The van der Waals surface area contributed by atoms with Crippen LogP contribution in [0, 0.1) is 0 Å². The Morgan fingerprint density at radius 2 is 1.90 bits per heavy atom. The highest BCUT2D eigenvalue weighted by molar-refractivity contribution is 6.42. The fraction of sp³-hybridized carbons (Fsp3) is 0.250. The Morgan fingerprint density at radius 3 is 2.48 bits per heavy atom. The quantitative estimate of drug-likeness (QED) is 0.566. The molecule has 29 heavy (non-hydrogen) atoms. The fourth-order valence-corrected chi connectivity index (χ4v) is 3.23. The molecule has 1 N–H and O–H groups in total. The van der Waals surface area contributed by atoms with Gasteiger partial charge in [-0.2, -0.15) is 0 Å². The largest absolute Gasteiger partial charge is 0.497 e. The first-order valence-electron chi connectivity index (χ1n) is 8.91. The fourth-order valence-electron chi connectivity index (χ4n) is 2.93. The van der Waals surface area contributed by atoms with Crippen molar-refractivity contribution in [3.8, 4) is 5.75 Å². The van der Waals surface area contributed by atoms with Crippen molar-refractivity contribution in [1.29, 1.82) is 0 Å². The van der Waals surface area contributed by atoms with Crippen LogP contribution in [0.4, 0.5) is 5.69 Å². The number of hydrogen-bond donors (Lipinski definition) is 1. The molecule has 0 bridgehead atoms. The highest BCUT2D eigenvalue weighted by Gasteiger charge is 2.21. The van der Waals surface area contributed by atoms with Crippen LogP contribution in [-0.2, 0) is 13.1 Å². The van der Waals surface area contributed by atoms with Gasteiger partial charge in [0.05, 0.1) is 35.9 Å². The molecule has 3 rings (SSSR count). The van der Waals surface area contributed by atoms with Gasteiger partial charge in [0, 0.05) is 12.2 Å². The molecule has 152 valence electrons. The molecule has 7 nitrogen and oxygen atoms in total. The molecule has 0 saturated heterocycles. The van der Waals surface area contributed by atoms with Gasteiger partial charge in [-0.05, 0) is 42.8 Å². The smallest absolute Gasteiger partial charge is 0.358 e. The number of carboxylic acid groups (broad SMARTS) is 1. The van der Waals surface area contributed by atoms with Gasteiger partial charge in [-0.3, -0.25) is 0 Å². The number of anilines is 1. The van der Waals surface area contributed by atoms with Gasteiger partial charge in [0.1, 0.15) is 5.75 Å². The minimum absolute atomic E-state index is 0.0722. The lowest BCUT2D eigenvalue weighted by atomic mass is 10.2. The van der Waals surface area contributed by atoms with Crippen molar-refractivity contribution >= 4 is 34.9 Å². The van der Waals surface area contributed by atoms with Crippen LogP contribution in [0.1, 0.15) is 28.7 Å². The number of halogens is 2. The number of methoxy groups -OCH3 is 1. The van der Waals surface area contributed by atoms with Crippen LogP contribution in [0.15, 0.2) is 42.5 Å². The van der Waals surface area contributed by atoms with Crippen LogP contribution in [-0.4, -0.2) is 39.7 Å². The predicted molar refractivity (Wildman–Crippen MR) is 112 cm³/mol. The molecule has 3 aromatic rings. The average Bonchev–Trinajstić information content (AvgIpc) is 3.11. The molecule has 0 aliphatic rings. The first-order chi connectivity index (χ1) is 13.9. The predicted octanol–water partition coefficient (Wildman–Crippen LogP) is 4.37. The summed E-state index contributed by atoms with van der Waals surface area (Å²) in [7, 11) is 1.60. The van der Waals surface area contributed by atoms with E-state index in [1.54, 1.807) is 23.9 Å². The third-order valence-electron chi connectivity index (χ3n) is 4.52. The van der Waals surface area contributed by atoms with Crippen molar-refractivity contribution in [1.82, 2.24) is 15.0 Å². The lowest BCUT2D eigenvalue weighted by molar-refractivity contribution is 0.0689. The van der Waals surface area contributed by atoms with Gasteiger partial charge < -0.3 is 14.7 Å². The summed E-state index contributed by atoms with van der Waals surface area (Å²) >= 11 is 12.2. The highest BCUT2D eigenvalue weighted by atomic mass is 35.5. The topological polar surface area (TPSA) is 80.5 Å². The Hall–Kier alpha value is -2.77. The van der Waals surface area contributed by atoms with Gasteiger partial charge >= 0.3 is 5.97 Å². The molecule has 1 aromatic heterocycles. The van der Waals surface area contributed by atoms with E-state index in [9.17, 15) is 9.90 Å². The van der Waals surface area contributed by atoms with Gasteiger partial charge in [-0.25, -0.2) is 9.48 Å². The molecule has 1 heterocycles. The van der Waals surface area contributed by atoms with Gasteiger partial charge in [-0.15, -0.1) is 5.10 Å². The SMILES string of the molecule is CCN(Cc1c(C(=O)O)nnn1Cc1ccc(OC)cc1)c1ccc(Cl)c(Cl)c1. The van der Waals surface area contributed by atoms with Crippen LogP contribution in [0.2, 0.25) is 10.0 Å². The minimum Gasteiger partial charge on any atom is -0.497 e. The molecule has 0 atom stereocenters. The third kappa shape index (κ3) is 4.81. The maximum atomic E-state index is 11.7. The second-order valence-electron chi connectivity index (χ2n) is 6.31. The monoisotopic (exact) mass is 434 g/mol. The van der Waals surface area contributed by atoms with E-state index in [0.717, 1.165) is 17.0 Å². The van der Waals surface area contributed by atoms with Crippen LogP contribution >= 0.6 is 23.2 Å². The highest BCUT2D eigenvalue weighted by Crippen LogP contribution is 2.28. The Morgan fingerprint density at radius 1 is 1.17 bits per heavy atom. The van der Waals surface area contributed by atoms with E-state index < -0.39 is 5.97 Å². The second-order valence-corrected chi connectivity index (χ2v) is 7.12. The molecule has 0 aliphatic carbocycles. The normalized spacial score (nSPS) is 10.8. The van der Waals surface area contributed by atoms with Crippen molar-refractivity contribution in [2.75, 3.05) is 18.6 Å². The van der Waals surface area contributed by atoms with Gasteiger partial charge in [0.2, 0.25) is 0 Å². The van der Waals surface area contributed by atoms with Crippen molar-refractivity contribution in [2.24, 2.45) is 0 Å². The summed E-state index contributed by atoms with van der Waals surface area (Å²) in [4.78, 5) is 13.7. The van der Waals surface area contributed by atoms with E-state index in [4.69, 9.17) is 27.9 Å². The van der Waals surface area contributed by atoms with E-state index in [-0.39, 0.29) is 5.69 Å². The Kier molecular flexibility index (Phi) is 6.61. The van der Waals surface area contributed by atoms with Crippen LogP contribution < -0.4 is 9.64 Å². The van der Waals surface area contributed by atoms with Gasteiger partial charge in [0.15, 0.2) is 5.69 Å². The number of aromatic nitrogens is 3. The summed E-state index contributed by atoms with van der Waals surface area (Å²) in [6, 6.07) is 12.8. The summed E-state index contributed by atoms with van der Waals surface area (Å²) in [5.41, 5.74) is 2.21. The number of carbonyl (C=O) groups is 1. The molecular formula is C20H20Cl2N4O3. The molecule has 9 heteroatoms. The number of nitrogens with zero attached hydrogens (tertiary/aromatic N) is 4. The number of rotatable bonds is 8. The lowest BCUT2D eigenvalue weighted by Gasteiger charge is -2.24. The number of aromatic carboxylic acids is 1. The first-order valence-corrected chi connectivity index (χ1v) is 9.67. The third-order valence-corrected chi connectivity index (χ3v) is 5.26. The van der Waals surface area contributed by atoms with Crippen molar-refractivity contribution in [3.63, 3.8) is 0 Å².